The molecule has 2 atom stereocenters. The van der Waals surface area contributed by atoms with Gasteiger partial charge in [0.2, 0.25) is 5.89 Å². The standard InChI is InChI=1S/C16H19N3O4S/c1-19(2)16-17-15(23-18-16)14(11-8-9-12(20)10-11)24(21,22)13-6-4-3-5-7-13/h3-7,11,14H,8-10H2,1-2H3. The first-order chi connectivity index (χ1) is 11.4. The normalized spacial score (nSPS) is 19.4. The number of hydrogen-bond acceptors (Lipinski definition) is 7. The molecular formula is C16H19N3O4S. The average molecular weight is 349 g/mol. The summed E-state index contributed by atoms with van der Waals surface area (Å²) in [7, 11) is -0.251. The van der Waals surface area contributed by atoms with Gasteiger partial charge < -0.3 is 9.42 Å². The van der Waals surface area contributed by atoms with E-state index in [1.54, 1.807) is 49.3 Å². The first kappa shape index (κ1) is 16.6. The lowest BCUT2D eigenvalue weighted by Gasteiger charge is -2.19. The maximum atomic E-state index is 13.2. The molecule has 8 heteroatoms. The molecule has 24 heavy (non-hydrogen) atoms. The van der Waals surface area contributed by atoms with Crippen LogP contribution >= 0.6 is 0 Å². The van der Waals surface area contributed by atoms with Crippen molar-refractivity contribution in [2.24, 2.45) is 5.92 Å². The molecule has 2 unspecified atom stereocenters. The molecule has 1 fully saturated rings. The number of hydrogen-bond donors (Lipinski definition) is 0. The highest BCUT2D eigenvalue weighted by atomic mass is 32.2. The molecular weight excluding hydrogens is 330 g/mol. The molecule has 0 aliphatic heterocycles. The summed E-state index contributed by atoms with van der Waals surface area (Å²) in [5.41, 5.74) is 0. The Morgan fingerprint density at radius 2 is 1.96 bits per heavy atom. The summed E-state index contributed by atoms with van der Waals surface area (Å²) in [6.45, 7) is 0. The highest BCUT2D eigenvalue weighted by Gasteiger charge is 2.43. The van der Waals surface area contributed by atoms with Gasteiger partial charge in [-0.2, -0.15) is 4.98 Å². The number of carbonyl (C=O) groups excluding carboxylic acids is 1. The average Bonchev–Trinajstić information content (AvgIpc) is 3.18. The van der Waals surface area contributed by atoms with E-state index in [0.717, 1.165) is 0 Å². The van der Waals surface area contributed by atoms with E-state index >= 15 is 0 Å². The molecule has 0 amide bonds. The summed E-state index contributed by atoms with van der Waals surface area (Å²) in [6.07, 6.45) is 1.12. The summed E-state index contributed by atoms with van der Waals surface area (Å²) in [5.74, 6) is 0.0728. The minimum Gasteiger partial charge on any atom is -0.344 e. The number of aromatic nitrogens is 2. The van der Waals surface area contributed by atoms with Gasteiger partial charge in [0.05, 0.1) is 4.90 Å². The number of Topliss-reactive ketones (excluding diaryl/α,β-unsaturated/α-hetero) is 1. The monoisotopic (exact) mass is 349 g/mol. The van der Waals surface area contributed by atoms with Gasteiger partial charge in [-0.05, 0) is 29.6 Å². The van der Waals surface area contributed by atoms with Gasteiger partial charge >= 0.3 is 0 Å². The number of ketones is 1. The Bertz CT molecular complexity index is 830. The quantitative estimate of drug-likeness (QED) is 0.815. The molecule has 0 radical (unpaired) electrons. The molecule has 3 rings (SSSR count). The zero-order valence-electron chi connectivity index (χ0n) is 13.5. The minimum absolute atomic E-state index is 0.0438. The molecule has 0 saturated heterocycles. The van der Waals surface area contributed by atoms with Crippen molar-refractivity contribution < 1.29 is 17.7 Å². The summed E-state index contributed by atoms with van der Waals surface area (Å²) >= 11 is 0. The Balaban J connectivity index is 2.06. The van der Waals surface area contributed by atoms with Crippen molar-refractivity contribution in [1.82, 2.24) is 10.1 Å². The molecule has 128 valence electrons. The van der Waals surface area contributed by atoms with Crippen LogP contribution in [0.2, 0.25) is 0 Å². The topological polar surface area (TPSA) is 93.4 Å². The number of carbonyl (C=O) groups is 1. The van der Waals surface area contributed by atoms with Crippen molar-refractivity contribution in [3.63, 3.8) is 0 Å². The minimum atomic E-state index is -3.74. The lowest BCUT2D eigenvalue weighted by molar-refractivity contribution is -0.117. The number of sulfone groups is 1. The molecule has 1 aliphatic rings. The van der Waals surface area contributed by atoms with Crippen LogP contribution in [-0.4, -0.2) is 38.4 Å². The fraction of sp³-hybridized carbons (Fsp3) is 0.438. The van der Waals surface area contributed by atoms with Crippen molar-refractivity contribution in [3.8, 4) is 0 Å². The Labute approximate surface area is 140 Å². The summed E-state index contributed by atoms with van der Waals surface area (Å²) < 4.78 is 31.6. The van der Waals surface area contributed by atoms with Gasteiger partial charge in [0.15, 0.2) is 9.84 Å². The van der Waals surface area contributed by atoms with Crippen LogP contribution in [0.3, 0.4) is 0 Å². The van der Waals surface area contributed by atoms with Crippen LogP contribution in [0.15, 0.2) is 39.8 Å². The maximum absolute atomic E-state index is 13.2. The fourth-order valence-corrected chi connectivity index (χ4v) is 4.90. The number of nitrogens with zero attached hydrogens (tertiary/aromatic N) is 3. The van der Waals surface area contributed by atoms with E-state index in [4.69, 9.17) is 4.52 Å². The van der Waals surface area contributed by atoms with E-state index < -0.39 is 15.1 Å². The van der Waals surface area contributed by atoms with E-state index in [0.29, 0.717) is 18.8 Å². The molecule has 7 nitrogen and oxygen atoms in total. The second-order valence-electron chi connectivity index (χ2n) is 6.15. The third kappa shape index (κ3) is 3.06. The Hall–Kier alpha value is -2.22. The Morgan fingerprint density at radius 1 is 1.25 bits per heavy atom. The Kier molecular flexibility index (Phi) is 4.40. The van der Waals surface area contributed by atoms with Crippen molar-refractivity contribution >= 4 is 21.6 Å². The van der Waals surface area contributed by atoms with Crippen molar-refractivity contribution in [2.45, 2.75) is 29.4 Å². The van der Waals surface area contributed by atoms with E-state index in [2.05, 4.69) is 10.1 Å². The zero-order chi connectivity index (χ0) is 17.3. The zero-order valence-corrected chi connectivity index (χ0v) is 14.4. The third-order valence-electron chi connectivity index (χ3n) is 4.19. The van der Waals surface area contributed by atoms with Crippen molar-refractivity contribution in [3.05, 3.63) is 36.2 Å². The summed E-state index contributed by atoms with van der Waals surface area (Å²) in [5, 5.41) is 2.82. The van der Waals surface area contributed by atoms with Gasteiger partial charge in [-0.15, -0.1) is 0 Å². The molecule has 0 bridgehead atoms. The van der Waals surface area contributed by atoms with Crippen LogP contribution in [0.4, 0.5) is 5.95 Å². The predicted molar refractivity (Wildman–Crippen MR) is 87.3 cm³/mol. The molecule has 1 aromatic heterocycles. The van der Waals surface area contributed by atoms with E-state index in [1.165, 1.54) is 0 Å². The third-order valence-corrected chi connectivity index (χ3v) is 6.38. The van der Waals surface area contributed by atoms with Gasteiger partial charge in [-0.3, -0.25) is 4.79 Å². The largest absolute Gasteiger partial charge is 0.344 e. The van der Waals surface area contributed by atoms with E-state index in [9.17, 15) is 13.2 Å². The maximum Gasteiger partial charge on any atom is 0.265 e. The van der Waals surface area contributed by atoms with Crippen LogP contribution in [0.5, 0.6) is 0 Å². The SMILES string of the molecule is CN(C)c1noc(C(C2CCC(=O)C2)S(=O)(=O)c2ccccc2)n1. The second kappa shape index (κ2) is 6.35. The Morgan fingerprint density at radius 3 is 2.50 bits per heavy atom. The lowest BCUT2D eigenvalue weighted by atomic mass is 10.0. The lowest BCUT2D eigenvalue weighted by Crippen LogP contribution is -2.22. The highest BCUT2D eigenvalue weighted by Crippen LogP contribution is 2.41. The van der Waals surface area contributed by atoms with Crippen LogP contribution in [0.25, 0.3) is 0 Å². The molecule has 1 saturated carbocycles. The first-order valence-electron chi connectivity index (χ1n) is 7.71. The molecule has 1 heterocycles. The number of rotatable bonds is 5. The number of anilines is 1. The van der Waals surface area contributed by atoms with Gasteiger partial charge in [0.25, 0.3) is 5.95 Å². The molecule has 1 aromatic carbocycles. The highest BCUT2D eigenvalue weighted by molar-refractivity contribution is 7.91. The van der Waals surface area contributed by atoms with Gasteiger partial charge in [0, 0.05) is 26.9 Å². The van der Waals surface area contributed by atoms with Crippen LogP contribution in [0, 0.1) is 5.92 Å². The molecule has 2 aromatic rings. The molecule has 0 spiro atoms. The smallest absolute Gasteiger partial charge is 0.265 e. The fourth-order valence-electron chi connectivity index (χ4n) is 2.97. The van der Waals surface area contributed by atoms with Crippen molar-refractivity contribution in [1.29, 1.82) is 0 Å². The summed E-state index contributed by atoms with van der Waals surface area (Å²) in [4.78, 5) is 17.8. The van der Waals surface area contributed by atoms with Crippen LogP contribution in [-0.2, 0) is 14.6 Å². The van der Waals surface area contributed by atoms with Crippen LogP contribution < -0.4 is 4.90 Å². The van der Waals surface area contributed by atoms with Gasteiger partial charge in [-0.1, -0.05) is 18.2 Å². The van der Waals surface area contributed by atoms with Gasteiger partial charge in [0.1, 0.15) is 11.0 Å². The number of benzene rings is 1. The van der Waals surface area contributed by atoms with E-state index in [1.807, 2.05) is 0 Å². The van der Waals surface area contributed by atoms with Gasteiger partial charge in [-0.25, -0.2) is 8.42 Å². The second-order valence-corrected chi connectivity index (χ2v) is 8.22. The predicted octanol–water partition coefficient (Wildman–Crippen LogP) is 2.02. The molecule has 1 aliphatic carbocycles. The van der Waals surface area contributed by atoms with Crippen molar-refractivity contribution in [2.75, 3.05) is 19.0 Å². The molecule has 0 N–H and O–H groups in total. The van der Waals surface area contributed by atoms with Crippen LogP contribution in [0.1, 0.15) is 30.4 Å². The van der Waals surface area contributed by atoms with E-state index in [-0.39, 0.29) is 28.9 Å². The first-order valence-corrected chi connectivity index (χ1v) is 9.26. The summed E-state index contributed by atoms with van der Waals surface area (Å²) in [6, 6.07) is 8.18.